The predicted octanol–water partition coefficient (Wildman–Crippen LogP) is 3.74. The summed E-state index contributed by atoms with van der Waals surface area (Å²) < 4.78 is 1.19. The van der Waals surface area contributed by atoms with Gasteiger partial charge in [0.2, 0.25) is 0 Å². The zero-order valence-corrected chi connectivity index (χ0v) is 13.5. The van der Waals surface area contributed by atoms with Crippen LogP contribution in [0.4, 0.5) is 0 Å². The first-order valence-electron chi connectivity index (χ1n) is 7.17. The van der Waals surface area contributed by atoms with Gasteiger partial charge >= 0.3 is 0 Å². The molecule has 1 fully saturated rings. The number of benzene rings is 1. The van der Waals surface area contributed by atoms with Gasteiger partial charge in [-0.25, -0.2) is 0 Å². The number of hydrogen-bond donors (Lipinski definition) is 1. The standard InChI is InChI=1S/C16H24BrNO/c1-3-16(12-19)7-9-18(10-8-16)11-14-5-4-6-15(17)13(14)2/h4-6,19H,3,7-12H2,1-2H3. The maximum Gasteiger partial charge on any atom is 0.0488 e. The van der Waals surface area contributed by atoms with Gasteiger partial charge in [0, 0.05) is 17.6 Å². The van der Waals surface area contributed by atoms with E-state index < -0.39 is 0 Å². The van der Waals surface area contributed by atoms with E-state index in [4.69, 9.17) is 0 Å². The van der Waals surface area contributed by atoms with Gasteiger partial charge in [0.25, 0.3) is 0 Å². The quantitative estimate of drug-likeness (QED) is 0.911. The van der Waals surface area contributed by atoms with E-state index in [1.54, 1.807) is 0 Å². The molecule has 1 aromatic carbocycles. The fourth-order valence-corrected chi connectivity index (χ4v) is 3.28. The number of hydrogen-bond acceptors (Lipinski definition) is 2. The van der Waals surface area contributed by atoms with Crippen LogP contribution in [0.5, 0.6) is 0 Å². The van der Waals surface area contributed by atoms with Crippen LogP contribution in [0.2, 0.25) is 0 Å². The van der Waals surface area contributed by atoms with Crippen LogP contribution in [-0.4, -0.2) is 29.7 Å². The van der Waals surface area contributed by atoms with Crippen LogP contribution in [0.3, 0.4) is 0 Å². The third-order valence-corrected chi connectivity index (χ3v) is 5.64. The van der Waals surface area contributed by atoms with Crippen molar-refractivity contribution in [3.05, 3.63) is 33.8 Å². The van der Waals surface area contributed by atoms with Crippen molar-refractivity contribution in [1.29, 1.82) is 0 Å². The third kappa shape index (κ3) is 3.39. The maximum atomic E-state index is 9.57. The molecule has 1 aliphatic heterocycles. The number of aliphatic hydroxyl groups is 1. The smallest absolute Gasteiger partial charge is 0.0488 e. The van der Waals surface area contributed by atoms with Crippen molar-refractivity contribution in [2.75, 3.05) is 19.7 Å². The van der Waals surface area contributed by atoms with E-state index in [1.165, 1.54) is 15.6 Å². The van der Waals surface area contributed by atoms with E-state index in [9.17, 15) is 5.11 Å². The molecule has 0 bridgehead atoms. The van der Waals surface area contributed by atoms with Crippen molar-refractivity contribution < 1.29 is 5.11 Å². The lowest BCUT2D eigenvalue weighted by Crippen LogP contribution is -2.41. The van der Waals surface area contributed by atoms with E-state index in [0.717, 1.165) is 38.9 Å². The highest BCUT2D eigenvalue weighted by Gasteiger charge is 2.32. The number of nitrogens with zero attached hydrogens (tertiary/aromatic N) is 1. The lowest BCUT2D eigenvalue weighted by molar-refractivity contribution is 0.0382. The molecule has 106 valence electrons. The van der Waals surface area contributed by atoms with E-state index in [-0.39, 0.29) is 5.41 Å². The van der Waals surface area contributed by atoms with E-state index in [1.807, 2.05) is 0 Å². The average Bonchev–Trinajstić information content (AvgIpc) is 2.45. The van der Waals surface area contributed by atoms with Crippen molar-refractivity contribution in [3.63, 3.8) is 0 Å². The largest absolute Gasteiger partial charge is 0.396 e. The Morgan fingerprint density at radius 1 is 1.32 bits per heavy atom. The molecule has 0 aliphatic carbocycles. The number of aliphatic hydroxyl groups excluding tert-OH is 1. The maximum absolute atomic E-state index is 9.57. The van der Waals surface area contributed by atoms with E-state index >= 15 is 0 Å². The normalized spacial score (nSPS) is 19.6. The molecule has 2 nitrogen and oxygen atoms in total. The molecule has 0 unspecified atom stereocenters. The Bertz CT molecular complexity index is 419. The Hall–Kier alpha value is -0.380. The fraction of sp³-hybridized carbons (Fsp3) is 0.625. The minimum atomic E-state index is 0.183. The Morgan fingerprint density at radius 3 is 2.58 bits per heavy atom. The third-order valence-electron chi connectivity index (χ3n) is 4.78. The first-order valence-corrected chi connectivity index (χ1v) is 7.97. The number of rotatable bonds is 4. The molecule has 0 radical (unpaired) electrons. The topological polar surface area (TPSA) is 23.5 Å². The minimum absolute atomic E-state index is 0.183. The molecular weight excluding hydrogens is 302 g/mol. The van der Waals surface area contributed by atoms with Crippen LogP contribution < -0.4 is 0 Å². The van der Waals surface area contributed by atoms with Gasteiger partial charge in [-0.05, 0) is 61.9 Å². The molecule has 0 aromatic heterocycles. The first kappa shape index (κ1) is 15.0. The summed E-state index contributed by atoms with van der Waals surface area (Å²) in [4.78, 5) is 2.51. The Morgan fingerprint density at radius 2 is 2.00 bits per heavy atom. The molecule has 1 aromatic rings. The summed E-state index contributed by atoms with van der Waals surface area (Å²) in [5, 5.41) is 9.57. The van der Waals surface area contributed by atoms with Gasteiger partial charge in [0.05, 0.1) is 0 Å². The molecule has 0 atom stereocenters. The van der Waals surface area contributed by atoms with Crippen LogP contribution in [0, 0.1) is 12.3 Å². The summed E-state index contributed by atoms with van der Waals surface area (Å²) in [5.41, 5.74) is 2.93. The fourth-order valence-electron chi connectivity index (χ4n) is 2.87. The molecular formula is C16H24BrNO. The Balaban J connectivity index is 1.98. The monoisotopic (exact) mass is 325 g/mol. The summed E-state index contributed by atoms with van der Waals surface area (Å²) in [6.45, 7) is 7.93. The van der Waals surface area contributed by atoms with Gasteiger partial charge in [-0.3, -0.25) is 4.90 Å². The lowest BCUT2D eigenvalue weighted by Gasteiger charge is -2.40. The van der Waals surface area contributed by atoms with Crippen LogP contribution in [0.25, 0.3) is 0 Å². The molecule has 1 aliphatic rings. The van der Waals surface area contributed by atoms with E-state index in [0.29, 0.717) is 6.61 Å². The summed E-state index contributed by atoms with van der Waals surface area (Å²) >= 11 is 3.60. The Kier molecular flexibility index (Phi) is 5.04. The van der Waals surface area contributed by atoms with Gasteiger partial charge in [0.1, 0.15) is 0 Å². The zero-order chi connectivity index (χ0) is 13.9. The second-order valence-electron chi connectivity index (χ2n) is 5.81. The molecule has 0 spiro atoms. The van der Waals surface area contributed by atoms with Crippen molar-refractivity contribution in [2.45, 2.75) is 39.7 Å². The second kappa shape index (κ2) is 6.38. The molecule has 1 heterocycles. The van der Waals surface area contributed by atoms with Gasteiger partial charge < -0.3 is 5.11 Å². The summed E-state index contributed by atoms with van der Waals surface area (Å²) in [6, 6.07) is 6.43. The number of halogens is 1. The Labute approximate surface area is 124 Å². The lowest BCUT2D eigenvalue weighted by atomic mass is 9.77. The van der Waals surface area contributed by atoms with Crippen molar-refractivity contribution in [1.82, 2.24) is 4.90 Å². The van der Waals surface area contributed by atoms with Crippen LogP contribution >= 0.6 is 15.9 Å². The van der Waals surface area contributed by atoms with Crippen LogP contribution in [-0.2, 0) is 6.54 Å². The highest BCUT2D eigenvalue weighted by atomic mass is 79.9. The molecule has 2 rings (SSSR count). The van der Waals surface area contributed by atoms with Gasteiger partial charge in [-0.15, -0.1) is 0 Å². The molecule has 0 saturated carbocycles. The van der Waals surface area contributed by atoms with Crippen LogP contribution in [0.15, 0.2) is 22.7 Å². The predicted molar refractivity (Wildman–Crippen MR) is 83.2 cm³/mol. The zero-order valence-electron chi connectivity index (χ0n) is 12.0. The van der Waals surface area contributed by atoms with Gasteiger partial charge in [-0.2, -0.15) is 0 Å². The summed E-state index contributed by atoms with van der Waals surface area (Å²) in [5.74, 6) is 0. The average molecular weight is 326 g/mol. The van der Waals surface area contributed by atoms with Crippen molar-refractivity contribution in [2.24, 2.45) is 5.41 Å². The SMILES string of the molecule is CCC1(CO)CCN(Cc2cccc(Br)c2C)CC1. The summed E-state index contributed by atoms with van der Waals surface area (Å²) in [6.07, 6.45) is 3.33. The highest BCUT2D eigenvalue weighted by Crippen LogP contribution is 2.34. The van der Waals surface area contributed by atoms with E-state index in [2.05, 4.69) is 52.9 Å². The molecule has 19 heavy (non-hydrogen) atoms. The second-order valence-corrected chi connectivity index (χ2v) is 6.67. The minimum Gasteiger partial charge on any atom is -0.396 e. The van der Waals surface area contributed by atoms with Gasteiger partial charge in [0.15, 0.2) is 0 Å². The molecule has 1 N–H and O–H groups in total. The number of likely N-dealkylation sites (tertiary alicyclic amines) is 1. The highest BCUT2D eigenvalue weighted by molar-refractivity contribution is 9.10. The van der Waals surface area contributed by atoms with Crippen molar-refractivity contribution in [3.8, 4) is 0 Å². The van der Waals surface area contributed by atoms with Gasteiger partial charge in [-0.1, -0.05) is 35.0 Å². The molecule has 3 heteroatoms. The summed E-state index contributed by atoms with van der Waals surface area (Å²) in [7, 11) is 0. The molecule has 1 saturated heterocycles. The van der Waals surface area contributed by atoms with Crippen LogP contribution in [0.1, 0.15) is 37.3 Å². The van der Waals surface area contributed by atoms with Crippen molar-refractivity contribution >= 4 is 15.9 Å². The molecule has 0 amide bonds. The number of piperidine rings is 1. The first-order chi connectivity index (χ1) is 9.10.